The number of benzene rings is 2. The number of aryl methyl sites for hydroxylation is 1. The van der Waals surface area contributed by atoms with E-state index in [0.717, 1.165) is 25.1 Å². The highest BCUT2D eigenvalue weighted by Crippen LogP contribution is 2.15. The number of anilines is 1. The lowest BCUT2D eigenvalue weighted by molar-refractivity contribution is 0.776. The second-order valence-corrected chi connectivity index (χ2v) is 6.16. The van der Waals surface area contributed by atoms with Gasteiger partial charge in [-0.3, -0.25) is 0 Å². The highest BCUT2D eigenvalue weighted by molar-refractivity contribution is 7.80. The molecule has 2 aromatic rings. The zero-order valence-electron chi connectivity index (χ0n) is 13.3. The Hall–Kier alpha value is -1.87. The van der Waals surface area contributed by atoms with Gasteiger partial charge in [-0.15, -0.1) is 0 Å². The highest BCUT2D eigenvalue weighted by atomic mass is 32.1. The van der Waals surface area contributed by atoms with Crippen molar-refractivity contribution in [3.8, 4) is 0 Å². The maximum atomic E-state index is 5.29. The van der Waals surface area contributed by atoms with Crippen LogP contribution in [0.25, 0.3) is 0 Å². The second kappa shape index (κ2) is 8.54. The standard InChI is InChI=1S/C19H24N2S/c1-15(2)17-12-10-16(11-13-17)7-6-14-20-19(22)21-18-8-4-3-5-9-18/h3-5,8-13,15H,6-7,14H2,1-2H3,(H2,20,21,22). The fourth-order valence-corrected chi connectivity index (χ4v) is 2.48. The van der Waals surface area contributed by atoms with Crippen LogP contribution in [-0.2, 0) is 6.42 Å². The van der Waals surface area contributed by atoms with Crippen LogP contribution in [0.4, 0.5) is 5.69 Å². The number of hydrogen-bond donors (Lipinski definition) is 2. The summed E-state index contributed by atoms with van der Waals surface area (Å²) in [6.45, 7) is 5.32. The van der Waals surface area contributed by atoms with Crippen LogP contribution in [0.15, 0.2) is 54.6 Å². The van der Waals surface area contributed by atoms with E-state index in [9.17, 15) is 0 Å². The molecule has 0 aliphatic rings. The minimum atomic E-state index is 0.595. The van der Waals surface area contributed by atoms with Crippen molar-refractivity contribution in [1.82, 2.24) is 5.32 Å². The van der Waals surface area contributed by atoms with Gasteiger partial charge in [-0.2, -0.15) is 0 Å². The number of hydrogen-bond acceptors (Lipinski definition) is 1. The first kappa shape index (κ1) is 16.5. The van der Waals surface area contributed by atoms with Gasteiger partial charge in [-0.25, -0.2) is 0 Å². The molecule has 2 nitrogen and oxygen atoms in total. The number of rotatable bonds is 6. The molecular formula is C19H24N2S. The molecule has 0 amide bonds. The lowest BCUT2D eigenvalue weighted by atomic mass is 10.0. The van der Waals surface area contributed by atoms with Crippen LogP contribution in [0.1, 0.15) is 37.3 Å². The van der Waals surface area contributed by atoms with Crippen LogP contribution in [-0.4, -0.2) is 11.7 Å². The van der Waals surface area contributed by atoms with Crippen molar-refractivity contribution in [2.45, 2.75) is 32.6 Å². The molecule has 0 saturated heterocycles. The lowest BCUT2D eigenvalue weighted by Crippen LogP contribution is -2.29. The predicted molar refractivity (Wildman–Crippen MR) is 99.5 cm³/mol. The van der Waals surface area contributed by atoms with Crippen LogP contribution >= 0.6 is 12.2 Å². The molecule has 0 atom stereocenters. The van der Waals surface area contributed by atoms with Crippen LogP contribution in [0.3, 0.4) is 0 Å². The van der Waals surface area contributed by atoms with Gasteiger partial charge in [0.15, 0.2) is 5.11 Å². The van der Waals surface area contributed by atoms with Gasteiger partial charge in [-0.1, -0.05) is 56.3 Å². The first-order valence-electron chi connectivity index (χ1n) is 7.84. The summed E-state index contributed by atoms with van der Waals surface area (Å²) in [6, 6.07) is 18.9. The Bertz CT molecular complexity index is 576. The second-order valence-electron chi connectivity index (χ2n) is 5.75. The van der Waals surface area contributed by atoms with E-state index < -0.39 is 0 Å². The van der Waals surface area contributed by atoms with Gasteiger partial charge in [0.25, 0.3) is 0 Å². The molecule has 0 spiro atoms. The molecule has 0 aromatic heterocycles. The van der Waals surface area contributed by atoms with Crippen molar-refractivity contribution < 1.29 is 0 Å². The van der Waals surface area contributed by atoms with Gasteiger partial charge in [0, 0.05) is 12.2 Å². The van der Waals surface area contributed by atoms with E-state index in [1.54, 1.807) is 0 Å². The molecule has 2 aromatic carbocycles. The summed E-state index contributed by atoms with van der Waals surface area (Å²) < 4.78 is 0. The maximum Gasteiger partial charge on any atom is 0.170 e. The van der Waals surface area contributed by atoms with Gasteiger partial charge in [0.2, 0.25) is 0 Å². The minimum absolute atomic E-state index is 0.595. The van der Waals surface area contributed by atoms with E-state index in [2.05, 4.69) is 48.7 Å². The summed E-state index contributed by atoms with van der Waals surface area (Å²) in [4.78, 5) is 0. The van der Waals surface area contributed by atoms with Crippen LogP contribution < -0.4 is 10.6 Å². The normalized spacial score (nSPS) is 10.5. The first-order chi connectivity index (χ1) is 10.6. The van der Waals surface area contributed by atoms with E-state index in [-0.39, 0.29) is 0 Å². The highest BCUT2D eigenvalue weighted by Gasteiger charge is 2.00. The first-order valence-corrected chi connectivity index (χ1v) is 8.24. The van der Waals surface area contributed by atoms with Gasteiger partial charge in [0.05, 0.1) is 0 Å². The molecule has 2 rings (SSSR count). The molecular weight excluding hydrogens is 288 g/mol. The van der Waals surface area contributed by atoms with Crippen molar-refractivity contribution in [2.24, 2.45) is 0 Å². The van der Waals surface area contributed by atoms with Gasteiger partial charge < -0.3 is 10.6 Å². The molecule has 0 heterocycles. The summed E-state index contributed by atoms with van der Waals surface area (Å²) in [5.41, 5.74) is 3.80. The Labute approximate surface area is 139 Å². The summed E-state index contributed by atoms with van der Waals surface area (Å²) in [5, 5.41) is 7.11. The molecule has 0 aliphatic carbocycles. The fraction of sp³-hybridized carbons (Fsp3) is 0.316. The SMILES string of the molecule is CC(C)c1ccc(CCCNC(=S)Nc2ccccc2)cc1. The summed E-state index contributed by atoms with van der Waals surface area (Å²) in [6.07, 6.45) is 2.14. The molecule has 0 saturated carbocycles. The van der Waals surface area contributed by atoms with E-state index in [1.807, 2.05) is 30.3 Å². The van der Waals surface area contributed by atoms with E-state index >= 15 is 0 Å². The summed E-state index contributed by atoms with van der Waals surface area (Å²) >= 11 is 5.29. The Kier molecular flexibility index (Phi) is 6.41. The zero-order chi connectivity index (χ0) is 15.8. The topological polar surface area (TPSA) is 24.1 Å². The molecule has 22 heavy (non-hydrogen) atoms. The Balaban J connectivity index is 1.67. The van der Waals surface area contributed by atoms with Gasteiger partial charge >= 0.3 is 0 Å². The minimum Gasteiger partial charge on any atom is -0.362 e. The molecule has 116 valence electrons. The van der Waals surface area contributed by atoms with Crippen LogP contribution in [0.2, 0.25) is 0 Å². The third-order valence-corrected chi connectivity index (χ3v) is 3.85. The summed E-state index contributed by atoms with van der Waals surface area (Å²) in [5.74, 6) is 0.595. The largest absolute Gasteiger partial charge is 0.362 e. The molecule has 3 heteroatoms. The number of para-hydroxylation sites is 1. The molecule has 0 bridgehead atoms. The molecule has 0 fully saturated rings. The Morgan fingerprint density at radius 3 is 2.32 bits per heavy atom. The van der Waals surface area contributed by atoms with Gasteiger partial charge in [-0.05, 0) is 54.2 Å². The van der Waals surface area contributed by atoms with Crippen LogP contribution in [0, 0.1) is 0 Å². The average molecular weight is 312 g/mol. The van der Waals surface area contributed by atoms with E-state index in [4.69, 9.17) is 12.2 Å². The predicted octanol–water partition coefficient (Wildman–Crippen LogP) is 4.73. The third kappa shape index (κ3) is 5.49. The van der Waals surface area contributed by atoms with Crippen molar-refractivity contribution in [1.29, 1.82) is 0 Å². The van der Waals surface area contributed by atoms with Gasteiger partial charge in [0.1, 0.15) is 0 Å². The van der Waals surface area contributed by atoms with Crippen molar-refractivity contribution in [3.05, 3.63) is 65.7 Å². The zero-order valence-corrected chi connectivity index (χ0v) is 14.1. The average Bonchev–Trinajstić information content (AvgIpc) is 2.53. The fourth-order valence-electron chi connectivity index (χ4n) is 2.26. The molecule has 0 aliphatic heterocycles. The lowest BCUT2D eigenvalue weighted by Gasteiger charge is -2.11. The van der Waals surface area contributed by atoms with E-state index in [1.165, 1.54) is 11.1 Å². The Morgan fingerprint density at radius 1 is 1.00 bits per heavy atom. The van der Waals surface area contributed by atoms with Crippen molar-refractivity contribution in [3.63, 3.8) is 0 Å². The van der Waals surface area contributed by atoms with E-state index in [0.29, 0.717) is 11.0 Å². The summed E-state index contributed by atoms with van der Waals surface area (Å²) in [7, 11) is 0. The number of thiocarbonyl (C=S) groups is 1. The van der Waals surface area contributed by atoms with Crippen molar-refractivity contribution in [2.75, 3.05) is 11.9 Å². The quantitative estimate of drug-likeness (QED) is 0.595. The molecule has 0 unspecified atom stereocenters. The van der Waals surface area contributed by atoms with Crippen LogP contribution in [0.5, 0.6) is 0 Å². The third-order valence-electron chi connectivity index (χ3n) is 3.61. The smallest absolute Gasteiger partial charge is 0.170 e. The molecule has 2 N–H and O–H groups in total. The maximum absolute atomic E-state index is 5.29. The Morgan fingerprint density at radius 2 is 1.68 bits per heavy atom. The number of nitrogens with one attached hydrogen (secondary N) is 2. The monoisotopic (exact) mass is 312 g/mol. The van der Waals surface area contributed by atoms with Crippen molar-refractivity contribution >= 4 is 23.0 Å². The molecule has 0 radical (unpaired) electrons.